The van der Waals surface area contributed by atoms with E-state index in [9.17, 15) is 4.79 Å². The van der Waals surface area contributed by atoms with Crippen molar-refractivity contribution in [1.29, 1.82) is 0 Å². The van der Waals surface area contributed by atoms with Crippen molar-refractivity contribution in [1.82, 2.24) is 20.1 Å². The molecule has 0 fully saturated rings. The van der Waals surface area contributed by atoms with Crippen LogP contribution in [0.5, 0.6) is 0 Å². The highest BCUT2D eigenvalue weighted by molar-refractivity contribution is 7.08. The zero-order chi connectivity index (χ0) is 15.9. The Morgan fingerprint density at radius 2 is 2.04 bits per heavy atom. The molecule has 0 unspecified atom stereocenters. The molecule has 0 atom stereocenters. The van der Waals surface area contributed by atoms with E-state index in [0.29, 0.717) is 13.1 Å². The molecule has 6 heteroatoms. The maximum absolute atomic E-state index is 11.8. The van der Waals surface area contributed by atoms with E-state index < -0.39 is 0 Å². The van der Waals surface area contributed by atoms with Gasteiger partial charge in [0, 0.05) is 12.6 Å². The van der Waals surface area contributed by atoms with Gasteiger partial charge in [0.15, 0.2) is 0 Å². The molecule has 116 valence electrons. The molecule has 0 spiro atoms. The molecule has 0 aliphatic carbocycles. The lowest BCUT2D eigenvalue weighted by Gasteiger charge is -2.05. The molecule has 23 heavy (non-hydrogen) atoms. The lowest BCUT2D eigenvalue weighted by Crippen LogP contribution is -2.20. The van der Waals surface area contributed by atoms with E-state index in [1.807, 2.05) is 47.2 Å². The molecule has 5 nitrogen and oxygen atoms in total. The van der Waals surface area contributed by atoms with Crippen molar-refractivity contribution in [3.05, 3.63) is 76.5 Å². The van der Waals surface area contributed by atoms with E-state index in [2.05, 4.69) is 15.4 Å². The Morgan fingerprint density at radius 1 is 1.22 bits per heavy atom. The Balaban J connectivity index is 1.49. The zero-order valence-electron chi connectivity index (χ0n) is 12.4. The molecule has 1 amide bonds. The van der Waals surface area contributed by atoms with E-state index in [1.165, 1.54) is 6.33 Å². The molecular formula is C17H16N4OS. The quantitative estimate of drug-likeness (QED) is 0.709. The maximum atomic E-state index is 11.8. The molecule has 1 N–H and O–H groups in total. The number of thiophene rings is 1. The zero-order valence-corrected chi connectivity index (χ0v) is 13.2. The van der Waals surface area contributed by atoms with Gasteiger partial charge in [-0.2, -0.15) is 16.4 Å². The third kappa shape index (κ3) is 4.62. The normalized spacial score (nSPS) is 11.0. The third-order valence-corrected chi connectivity index (χ3v) is 3.97. The number of nitrogens with one attached hydrogen (secondary N) is 1. The molecule has 0 aliphatic heterocycles. The summed E-state index contributed by atoms with van der Waals surface area (Å²) in [7, 11) is 0. The van der Waals surface area contributed by atoms with Gasteiger partial charge in [0.25, 0.3) is 0 Å². The molecule has 1 aromatic carbocycles. The van der Waals surface area contributed by atoms with Crippen LogP contribution in [-0.4, -0.2) is 20.7 Å². The highest BCUT2D eigenvalue weighted by Crippen LogP contribution is 2.08. The lowest BCUT2D eigenvalue weighted by atomic mass is 10.1. The summed E-state index contributed by atoms with van der Waals surface area (Å²) in [4.78, 5) is 15.7. The fourth-order valence-corrected chi connectivity index (χ4v) is 2.68. The summed E-state index contributed by atoms with van der Waals surface area (Å²) in [5, 5.41) is 10.9. The van der Waals surface area contributed by atoms with Crippen LogP contribution in [0.4, 0.5) is 0 Å². The van der Waals surface area contributed by atoms with E-state index in [4.69, 9.17) is 0 Å². The van der Waals surface area contributed by atoms with Gasteiger partial charge in [0.1, 0.15) is 12.7 Å². The van der Waals surface area contributed by atoms with Gasteiger partial charge in [-0.25, -0.2) is 9.67 Å². The minimum Gasteiger partial charge on any atom is -0.348 e. The Labute approximate surface area is 138 Å². The summed E-state index contributed by atoms with van der Waals surface area (Å²) < 4.78 is 1.77. The Bertz CT molecular complexity index is 762. The molecule has 0 bridgehead atoms. The molecule has 2 heterocycles. The fraction of sp³-hybridized carbons (Fsp3) is 0.118. The Kier molecular flexibility index (Phi) is 4.95. The van der Waals surface area contributed by atoms with Gasteiger partial charge in [-0.3, -0.25) is 4.79 Å². The first-order chi connectivity index (χ1) is 11.3. The number of hydrogen-bond acceptors (Lipinski definition) is 4. The maximum Gasteiger partial charge on any atom is 0.244 e. The van der Waals surface area contributed by atoms with Crippen molar-refractivity contribution in [2.75, 3.05) is 0 Å². The second-order valence-corrected chi connectivity index (χ2v) is 5.80. The summed E-state index contributed by atoms with van der Waals surface area (Å²) >= 11 is 1.61. The summed E-state index contributed by atoms with van der Waals surface area (Å²) in [5.74, 6) is -0.0945. The summed E-state index contributed by atoms with van der Waals surface area (Å²) in [5.41, 5.74) is 3.25. The van der Waals surface area contributed by atoms with Crippen molar-refractivity contribution >= 4 is 23.3 Å². The Hall–Kier alpha value is -2.73. The van der Waals surface area contributed by atoms with E-state index >= 15 is 0 Å². The van der Waals surface area contributed by atoms with Crippen LogP contribution in [0.3, 0.4) is 0 Å². The van der Waals surface area contributed by atoms with Crippen LogP contribution in [0, 0.1) is 0 Å². The first kappa shape index (κ1) is 15.2. The van der Waals surface area contributed by atoms with Crippen LogP contribution in [0.25, 0.3) is 6.08 Å². The molecule has 0 radical (unpaired) electrons. The standard InChI is InChI=1S/C17H16N4OS/c22-17(6-5-16-7-8-23-11-16)19-9-14-1-3-15(4-2-14)10-21-13-18-12-20-21/h1-8,11-13H,9-10H2,(H,19,22). The van der Waals surface area contributed by atoms with Crippen LogP contribution in [-0.2, 0) is 17.9 Å². The van der Waals surface area contributed by atoms with Crippen LogP contribution < -0.4 is 5.32 Å². The number of amides is 1. The molecule has 0 saturated carbocycles. The van der Waals surface area contributed by atoms with Crippen molar-refractivity contribution in [2.45, 2.75) is 13.1 Å². The van der Waals surface area contributed by atoms with Gasteiger partial charge in [0.2, 0.25) is 5.91 Å². The average Bonchev–Trinajstić information content (AvgIpc) is 3.26. The predicted molar refractivity (Wildman–Crippen MR) is 90.8 cm³/mol. The minimum absolute atomic E-state index is 0.0945. The first-order valence-corrected chi connectivity index (χ1v) is 8.12. The van der Waals surface area contributed by atoms with Crippen molar-refractivity contribution < 1.29 is 4.79 Å². The number of hydrogen-bond donors (Lipinski definition) is 1. The molecule has 3 rings (SSSR count). The van der Waals surface area contributed by atoms with Crippen LogP contribution >= 0.6 is 11.3 Å². The van der Waals surface area contributed by atoms with Crippen molar-refractivity contribution in [3.63, 3.8) is 0 Å². The van der Waals surface area contributed by atoms with Gasteiger partial charge in [0.05, 0.1) is 6.54 Å². The van der Waals surface area contributed by atoms with Crippen LogP contribution in [0.1, 0.15) is 16.7 Å². The monoisotopic (exact) mass is 324 g/mol. The van der Waals surface area contributed by atoms with Gasteiger partial charge >= 0.3 is 0 Å². The van der Waals surface area contributed by atoms with E-state index in [1.54, 1.807) is 28.4 Å². The number of carbonyl (C=O) groups is 1. The largest absolute Gasteiger partial charge is 0.348 e. The van der Waals surface area contributed by atoms with Gasteiger partial charge < -0.3 is 5.32 Å². The third-order valence-electron chi connectivity index (χ3n) is 3.27. The molecule has 0 saturated heterocycles. The molecule has 0 aliphatic rings. The lowest BCUT2D eigenvalue weighted by molar-refractivity contribution is -0.116. The number of rotatable bonds is 6. The molecule has 3 aromatic rings. The molecule has 2 aromatic heterocycles. The second-order valence-electron chi connectivity index (χ2n) is 5.02. The van der Waals surface area contributed by atoms with Gasteiger partial charge in [-0.15, -0.1) is 0 Å². The second kappa shape index (κ2) is 7.51. The minimum atomic E-state index is -0.0945. The average molecular weight is 324 g/mol. The number of carbonyl (C=O) groups excluding carboxylic acids is 1. The highest BCUT2D eigenvalue weighted by atomic mass is 32.1. The fourth-order valence-electron chi connectivity index (χ4n) is 2.05. The number of aromatic nitrogens is 3. The SMILES string of the molecule is O=C(C=Cc1ccsc1)NCc1ccc(Cn2cncn2)cc1. The first-order valence-electron chi connectivity index (χ1n) is 7.18. The van der Waals surface area contributed by atoms with Gasteiger partial charge in [-0.1, -0.05) is 24.3 Å². The van der Waals surface area contributed by atoms with Crippen molar-refractivity contribution in [3.8, 4) is 0 Å². The summed E-state index contributed by atoms with van der Waals surface area (Å²) in [6, 6.07) is 10.1. The smallest absolute Gasteiger partial charge is 0.244 e. The van der Waals surface area contributed by atoms with Crippen LogP contribution in [0.15, 0.2) is 59.8 Å². The predicted octanol–water partition coefficient (Wildman–Crippen LogP) is 2.72. The number of nitrogens with zero attached hydrogens (tertiary/aromatic N) is 3. The van der Waals surface area contributed by atoms with E-state index in [-0.39, 0.29) is 5.91 Å². The number of benzene rings is 1. The molecular weight excluding hydrogens is 308 g/mol. The summed E-state index contributed by atoms with van der Waals surface area (Å²) in [6.45, 7) is 1.20. The highest BCUT2D eigenvalue weighted by Gasteiger charge is 1.99. The van der Waals surface area contributed by atoms with Crippen LogP contribution in [0.2, 0.25) is 0 Å². The summed E-state index contributed by atoms with van der Waals surface area (Å²) in [6.07, 6.45) is 6.58. The topological polar surface area (TPSA) is 59.8 Å². The van der Waals surface area contributed by atoms with E-state index in [0.717, 1.165) is 16.7 Å². The Morgan fingerprint density at radius 3 is 2.74 bits per heavy atom. The van der Waals surface area contributed by atoms with Gasteiger partial charge in [-0.05, 0) is 39.6 Å². The van der Waals surface area contributed by atoms with Crippen molar-refractivity contribution in [2.24, 2.45) is 0 Å².